The molecule has 1 heterocycles. The summed E-state index contributed by atoms with van der Waals surface area (Å²) in [6, 6.07) is 6.51. The molecule has 0 radical (unpaired) electrons. The second-order valence-electron chi connectivity index (χ2n) is 8.44. The molecular weight excluding hydrogens is 342 g/mol. The third-order valence-electron chi connectivity index (χ3n) is 5.63. The molecule has 3 rings (SSSR count). The predicted octanol–water partition coefficient (Wildman–Crippen LogP) is 4.15. The van der Waals surface area contributed by atoms with E-state index in [0.29, 0.717) is 0 Å². The van der Waals surface area contributed by atoms with Crippen molar-refractivity contribution >= 4 is 11.8 Å². The Bertz CT molecular complexity index is 911. The summed E-state index contributed by atoms with van der Waals surface area (Å²) in [5, 5.41) is 10.6. The van der Waals surface area contributed by atoms with Gasteiger partial charge in [-0.1, -0.05) is 27.7 Å². The van der Waals surface area contributed by atoms with Crippen LogP contribution in [-0.2, 0) is 15.6 Å². The number of aromatic nitrogens is 1. The Kier molecular flexibility index (Phi) is 4.58. The first-order valence-electron chi connectivity index (χ1n) is 9.04. The summed E-state index contributed by atoms with van der Waals surface area (Å²) < 4.78 is 4.64. The number of phenols is 1. The van der Waals surface area contributed by atoms with Gasteiger partial charge in [0.25, 0.3) is 0 Å². The van der Waals surface area contributed by atoms with Gasteiger partial charge in [0.15, 0.2) is 0 Å². The van der Waals surface area contributed by atoms with Crippen molar-refractivity contribution in [1.82, 2.24) is 4.98 Å². The Hall–Kier alpha value is -2.69. The number of rotatable bonds is 3. The van der Waals surface area contributed by atoms with Gasteiger partial charge < -0.3 is 9.84 Å². The van der Waals surface area contributed by atoms with E-state index in [9.17, 15) is 14.7 Å². The van der Waals surface area contributed by atoms with Crippen LogP contribution in [0.2, 0.25) is 0 Å². The second-order valence-corrected chi connectivity index (χ2v) is 8.44. The monoisotopic (exact) mass is 367 g/mol. The molecule has 1 aliphatic rings. The standard InChI is InChI=1S/C22H25NO4/c1-21(2)8-9-22(3,4)16-11-18(24)14(10-15(16)21)19(25)17-7-6-13(12-23-17)20(26)27-5/h6-7,10-12,24H,8-9H2,1-5H3. The molecule has 0 spiro atoms. The van der Waals surface area contributed by atoms with E-state index in [4.69, 9.17) is 0 Å². The van der Waals surface area contributed by atoms with Gasteiger partial charge in [-0.15, -0.1) is 0 Å². The molecule has 0 saturated heterocycles. The van der Waals surface area contributed by atoms with Crippen molar-refractivity contribution in [1.29, 1.82) is 0 Å². The van der Waals surface area contributed by atoms with Crippen molar-refractivity contribution < 1.29 is 19.4 Å². The summed E-state index contributed by atoms with van der Waals surface area (Å²) in [5.74, 6) is -0.920. The smallest absolute Gasteiger partial charge is 0.339 e. The molecular formula is C22H25NO4. The number of methoxy groups -OCH3 is 1. The Labute approximate surface area is 159 Å². The van der Waals surface area contributed by atoms with Crippen LogP contribution in [0.4, 0.5) is 0 Å². The number of aromatic hydroxyl groups is 1. The van der Waals surface area contributed by atoms with Crippen LogP contribution in [0.1, 0.15) is 78.1 Å². The van der Waals surface area contributed by atoms with Crippen LogP contribution < -0.4 is 0 Å². The van der Waals surface area contributed by atoms with Gasteiger partial charge in [0, 0.05) is 6.20 Å². The fourth-order valence-corrected chi connectivity index (χ4v) is 3.69. The molecule has 2 aromatic rings. The topological polar surface area (TPSA) is 76.5 Å². The molecule has 0 atom stereocenters. The average molecular weight is 367 g/mol. The molecule has 0 bridgehead atoms. The lowest BCUT2D eigenvalue weighted by Gasteiger charge is -2.42. The van der Waals surface area contributed by atoms with E-state index in [2.05, 4.69) is 37.4 Å². The number of benzene rings is 1. The summed E-state index contributed by atoms with van der Waals surface area (Å²) in [6.07, 6.45) is 3.34. The molecule has 0 unspecified atom stereocenters. The van der Waals surface area contributed by atoms with E-state index in [1.807, 2.05) is 6.07 Å². The summed E-state index contributed by atoms with van der Waals surface area (Å²) in [7, 11) is 1.29. The molecule has 0 aliphatic heterocycles. The maximum absolute atomic E-state index is 12.9. The van der Waals surface area contributed by atoms with E-state index in [1.54, 1.807) is 6.07 Å². The zero-order chi connectivity index (χ0) is 20.0. The predicted molar refractivity (Wildman–Crippen MR) is 102 cm³/mol. The van der Waals surface area contributed by atoms with E-state index >= 15 is 0 Å². The first-order chi connectivity index (χ1) is 12.6. The minimum absolute atomic E-state index is 0.0385. The summed E-state index contributed by atoms with van der Waals surface area (Å²) >= 11 is 0. The number of esters is 1. The third-order valence-corrected chi connectivity index (χ3v) is 5.63. The number of phenolic OH excluding ortho intramolecular Hbond substituents is 1. The lowest BCUT2D eigenvalue weighted by atomic mass is 9.63. The van der Waals surface area contributed by atoms with Crippen LogP contribution in [0.25, 0.3) is 0 Å². The molecule has 1 aromatic carbocycles. The van der Waals surface area contributed by atoms with E-state index < -0.39 is 5.97 Å². The van der Waals surface area contributed by atoms with Crippen molar-refractivity contribution in [3.63, 3.8) is 0 Å². The number of carbonyl (C=O) groups excluding carboxylic acids is 2. The molecule has 0 amide bonds. The van der Waals surface area contributed by atoms with Crippen molar-refractivity contribution in [3.8, 4) is 5.75 Å². The highest BCUT2D eigenvalue weighted by Gasteiger charge is 2.38. The van der Waals surface area contributed by atoms with Gasteiger partial charge in [-0.2, -0.15) is 0 Å². The zero-order valence-corrected chi connectivity index (χ0v) is 16.4. The number of nitrogens with zero attached hydrogens (tertiary/aromatic N) is 1. The lowest BCUT2D eigenvalue weighted by Crippen LogP contribution is -2.34. The molecule has 5 nitrogen and oxygen atoms in total. The molecule has 142 valence electrons. The second kappa shape index (κ2) is 6.48. The van der Waals surface area contributed by atoms with Crippen LogP contribution in [-0.4, -0.2) is 29.0 Å². The Morgan fingerprint density at radius 3 is 2.15 bits per heavy atom. The molecule has 1 aromatic heterocycles. The largest absolute Gasteiger partial charge is 0.507 e. The Balaban J connectivity index is 2.05. The number of carbonyl (C=O) groups is 2. The van der Waals surface area contributed by atoms with Crippen molar-refractivity contribution in [3.05, 3.63) is 58.4 Å². The Morgan fingerprint density at radius 1 is 1.04 bits per heavy atom. The van der Waals surface area contributed by atoms with Gasteiger partial charge >= 0.3 is 5.97 Å². The average Bonchev–Trinajstić information content (AvgIpc) is 2.64. The quantitative estimate of drug-likeness (QED) is 0.651. The first-order valence-corrected chi connectivity index (χ1v) is 9.04. The molecule has 27 heavy (non-hydrogen) atoms. The zero-order valence-electron chi connectivity index (χ0n) is 16.4. The molecule has 1 N–H and O–H groups in total. The SMILES string of the molecule is COC(=O)c1ccc(C(=O)c2cc3c(cc2O)C(C)(C)CCC3(C)C)nc1. The Morgan fingerprint density at radius 2 is 1.63 bits per heavy atom. The molecule has 5 heteroatoms. The summed E-state index contributed by atoms with van der Waals surface area (Å²) in [6.45, 7) is 8.65. The molecule has 0 fully saturated rings. The molecule has 0 saturated carbocycles. The van der Waals surface area contributed by atoms with Gasteiger partial charge in [0.1, 0.15) is 11.4 Å². The first kappa shape index (κ1) is 19.1. The van der Waals surface area contributed by atoms with Crippen LogP contribution >= 0.6 is 0 Å². The number of ether oxygens (including phenoxy) is 1. The summed E-state index contributed by atoms with van der Waals surface area (Å²) in [4.78, 5) is 28.5. The van der Waals surface area contributed by atoms with E-state index in [1.165, 1.54) is 25.4 Å². The lowest BCUT2D eigenvalue weighted by molar-refractivity contribution is 0.0600. The van der Waals surface area contributed by atoms with Crippen LogP contribution in [0.5, 0.6) is 5.75 Å². The highest BCUT2D eigenvalue weighted by Crippen LogP contribution is 2.47. The number of fused-ring (bicyclic) bond motifs is 1. The van der Waals surface area contributed by atoms with E-state index in [-0.39, 0.29) is 39.2 Å². The number of pyridine rings is 1. The maximum atomic E-state index is 12.9. The minimum Gasteiger partial charge on any atom is -0.507 e. The number of hydrogen-bond donors (Lipinski definition) is 1. The normalized spacial score (nSPS) is 17.1. The van der Waals surface area contributed by atoms with Gasteiger partial charge in [-0.25, -0.2) is 4.79 Å². The van der Waals surface area contributed by atoms with E-state index in [0.717, 1.165) is 24.0 Å². The third kappa shape index (κ3) is 3.34. The van der Waals surface area contributed by atoms with Gasteiger partial charge in [-0.3, -0.25) is 9.78 Å². The number of hydrogen-bond acceptors (Lipinski definition) is 5. The van der Waals surface area contributed by atoms with Crippen molar-refractivity contribution in [2.75, 3.05) is 7.11 Å². The van der Waals surface area contributed by atoms with Gasteiger partial charge in [-0.05, 0) is 59.1 Å². The van der Waals surface area contributed by atoms with Crippen molar-refractivity contribution in [2.45, 2.75) is 51.4 Å². The van der Waals surface area contributed by atoms with Gasteiger partial charge in [0.05, 0.1) is 18.2 Å². The van der Waals surface area contributed by atoms with Crippen LogP contribution in [0, 0.1) is 0 Å². The maximum Gasteiger partial charge on any atom is 0.339 e. The van der Waals surface area contributed by atoms with Crippen LogP contribution in [0.3, 0.4) is 0 Å². The highest BCUT2D eigenvalue weighted by atomic mass is 16.5. The number of ketones is 1. The van der Waals surface area contributed by atoms with Gasteiger partial charge in [0.2, 0.25) is 5.78 Å². The fourth-order valence-electron chi connectivity index (χ4n) is 3.69. The van der Waals surface area contributed by atoms with Crippen molar-refractivity contribution in [2.24, 2.45) is 0 Å². The fraction of sp³-hybridized carbons (Fsp3) is 0.409. The summed E-state index contributed by atoms with van der Waals surface area (Å²) in [5.41, 5.74) is 2.73. The van der Waals surface area contributed by atoms with Crippen LogP contribution in [0.15, 0.2) is 30.5 Å². The molecule has 1 aliphatic carbocycles. The highest BCUT2D eigenvalue weighted by molar-refractivity contribution is 6.10. The minimum atomic E-state index is -0.512.